The van der Waals surface area contributed by atoms with Crippen molar-refractivity contribution in [3.05, 3.63) is 0 Å². The van der Waals surface area contributed by atoms with E-state index in [0.29, 0.717) is 5.75 Å². The van der Waals surface area contributed by atoms with E-state index in [-0.39, 0.29) is 32.1 Å². The third kappa shape index (κ3) is 12.4. The molecule has 34 heavy (non-hydrogen) atoms. The van der Waals surface area contributed by atoms with Crippen molar-refractivity contribution < 1.29 is 39.0 Å². The highest BCUT2D eigenvalue weighted by molar-refractivity contribution is 7.98. The minimum Gasteiger partial charge on any atom is -0.480 e. The Hall–Kier alpha value is -2.91. The molecule has 11 N–H and O–H groups in total. The van der Waals surface area contributed by atoms with Crippen LogP contribution in [0.5, 0.6) is 0 Å². The highest BCUT2D eigenvalue weighted by atomic mass is 32.2. The molecule has 0 aromatic carbocycles. The number of thioether (sulfide) groups is 1. The molecule has 0 aromatic heterocycles. The fourth-order valence-electron chi connectivity index (χ4n) is 2.64. The predicted octanol–water partition coefficient (Wildman–Crippen LogP) is -3.48. The fraction of sp³-hybridized carbons (Fsp3) is 0.684. The van der Waals surface area contributed by atoms with Crippen molar-refractivity contribution in [2.75, 3.05) is 12.0 Å². The molecule has 0 spiro atoms. The summed E-state index contributed by atoms with van der Waals surface area (Å²) in [5.74, 6) is -5.02. The standard InChI is InChI=1S/C19H34N6O8S/c1-9(26)15(22)18(31)24-11(4-6-14(21)28)16(29)23-10(3-5-13(20)27)17(30)25-12(19(32)33)7-8-34-2/h9-12,15,26H,3-8,22H2,1-2H3,(H2,20,27)(H2,21,28)(H,23,29)(H,24,31)(H,25,30)(H,32,33). The van der Waals surface area contributed by atoms with Crippen LogP contribution >= 0.6 is 11.8 Å². The van der Waals surface area contributed by atoms with Crippen molar-refractivity contribution in [2.24, 2.45) is 17.2 Å². The molecule has 0 aromatic rings. The number of amides is 5. The Morgan fingerprint density at radius 1 is 0.794 bits per heavy atom. The molecule has 194 valence electrons. The molecular formula is C19H34N6O8S. The molecule has 0 saturated carbocycles. The molecule has 0 radical (unpaired) electrons. The van der Waals surface area contributed by atoms with Crippen LogP contribution in [0.1, 0.15) is 39.0 Å². The number of carbonyl (C=O) groups is 6. The molecule has 5 unspecified atom stereocenters. The minimum absolute atomic E-state index is 0.118. The molecule has 0 fully saturated rings. The lowest BCUT2D eigenvalue weighted by Crippen LogP contribution is -2.58. The van der Waals surface area contributed by atoms with E-state index in [1.807, 2.05) is 0 Å². The van der Waals surface area contributed by atoms with Gasteiger partial charge >= 0.3 is 5.97 Å². The first-order chi connectivity index (χ1) is 15.8. The van der Waals surface area contributed by atoms with Crippen LogP contribution in [-0.4, -0.2) is 88.0 Å². The molecule has 0 aliphatic heterocycles. The van der Waals surface area contributed by atoms with E-state index in [1.165, 1.54) is 18.7 Å². The number of carboxylic acid groups (broad SMARTS) is 1. The van der Waals surface area contributed by atoms with Gasteiger partial charge < -0.3 is 43.4 Å². The molecule has 0 rings (SSSR count). The smallest absolute Gasteiger partial charge is 0.326 e. The molecule has 5 atom stereocenters. The lowest BCUT2D eigenvalue weighted by molar-refractivity contribution is -0.142. The maximum absolute atomic E-state index is 12.8. The monoisotopic (exact) mass is 506 g/mol. The molecule has 0 heterocycles. The Morgan fingerprint density at radius 2 is 1.21 bits per heavy atom. The lowest BCUT2D eigenvalue weighted by Gasteiger charge is -2.25. The first-order valence-corrected chi connectivity index (χ1v) is 11.8. The van der Waals surface area contributed by atoms with Crippen LogP contribution in [0.3, 0.4) is 0 Å². The van der Waals surface area contributed by atoms with Gasteiger partial charge in [0.1, 0.15) is 24.2 Å². The lowest BCUT2D eigenvalue weighted by atomic mass is 10.1. The van der Waals surface area contributed by atoms with Gasteiger partial charge in [0.15, 0.2) is 0 Å². The highest BCUT2D eigenvalue weighted by Crippen LogP contribution is 2.06. The topological polar surface area (TPSA) is 257 Å². The third-order valence-electron chi connectivity index (χ3n) is 4.67. The van der Waals surface area contributed by atoms with E-state index in [1.54, 1.807) is 6.26 Å². The Kier molecular flexibility index (Phi) is 14.5. The average molecular weight is 507 g/mol. The number of aliphatic hydroxyl groups excluding tert-OH is 1. The van der Waals surface area contributed by atoms with E-state index in [2.05, 4.69) is 16.0 Å². The van der Waals surface area contributed by atoms with Crippen LogP contribution in [0.15, 0.2) is 0 Å². The second-order valence-corrected chi connectivity index (χ2v) is 8.57. The number of primary amides is 2. The number of rotatable bonds is 17. The van der Waals surface area contributed by atoms with Crippen LogP contribution in [-0.2, 0) is 28.8 Å². The second-order valence-electron chi connectivity index (χ2n) is 7.58. The molecule has 5 amide bonds. The normalized spacial score (nSPS) is 15.2. The molecule has 15 heteroatoms. The van der Waals surface area contributed by atoms with Crippen molar-refractivity contribution in [3.8, 4) is 0 Å². The summed E-state index contributed by atoms with van der Waals surface area (Å²) in [4.78, 5) is 71.6. The Balaban J connectivity index is 5.60. The summed E-state index contributed by atoms with van der Waals surface area (Å²) in [5.41, 5.74) is 15.8. The SMILES string of the molecule is CSCCC(NC(=O)C(CCC(N)=O)NC(=O)C(CCC(N)=O)NC(=O)C(N)C(C)O)C(=O)O. The van der Waals surface area contributed by atoms with Crippen LogP contribution in [0.25, 0.3) is 0 Å². The Morgan fingerprint density at radius 3 is 1.56 bits per heavy atom. The van der Waals surface area contributed by atoms with E-state index in [4.69, 9.17) is 17.2 Å². The predicted molar refractivity (Wildman–Crippen MR) is 123 cm³/mol. The Bertz CT molecular complexity index is 750. The molecular weight excluding hydrogens is 472 g/mol. The van der Waals surface area contributed by atoms with Gasteiger partial charge in [0.25, 0.3) is 0 Å². The summed E-state index contributed by atoms with van der Waals surface area (Å²) >= 11 is 1.38. The van der Waals surface area contributed by atoms with Crippen LogP contribution in [0, 0.1) is 0 Å². The Labute approximate surface area is 201 Å². The summed E-state index contributed by atoms with van der Waals surface area (Å²) in [7, 11) is 0. The third-order valence-corrected chi connectivity index (χ3v) is 5.32. The highest BCUT2D eigenvalue weighted by Gasteiger charge is 2.31. The van der Waals surface area contributed by atoms with E-state index in [0.717, 1.165) is 0 Å². The maximum Gasteiger partial charge on any atom is 0.326 e. The molecule has 0 saturated heterocycles. The first-order valence-electron chi connectivity index (χ1n) is 10.4. The van der Waals surface area contributed by atoms with Gasteiger partial charge in [-0.3, -0.25) is 24.0 Å². The number of hydrogen-bond donors (Lipinski definition) is 8. The zero-order chi connectivity index (χ0) is 26.4. The summed E-state index contributed by atoms with van der Waals surface area (Å²) in [6, 6.07) is -5.33. The van der Waals surface area contributed by atoms with Gasteiger partial charge in [-0.05, 0) is 38.2 Å². The summed E-state index contributed by atoms with van der Waals surface area (Å²) in [6.45, 7) is 1.27. The number of carboxylic acids is 1. The number of nitrogens with two attached hydrogens (primary N) is 3. The summed E-state index contributed by atoms with van der Waals surface area (Å²) in [6.07, 6.45) is -0.431. The van der Waals surface area contributed by atoms with Gasteiger partial charge in [-0.1, -0.05) is 0 Å². The van der Waals surface area contributed by atoms with Crippen LogP contribution in [0.2, 0.25) is 0 Å². The largest absolute Gasteiger partial charge is 0.480 e. The number of aliphatic carboxylic acids is 1. The van der Waals surface area contributed by atoms with Crippen molar-refractivity contribution in [1.29, 1.82) is 0 Å². The molecule has 0 aliphatic rings. The zero-order valence-corrected chi connectivity index (χ0v) is 19.9. The number of hydrogen-bond acceptors (Lipinski definition) is 9. The van der Waals surface area contributed by atoms with Gasteiger partial charge in [0.2, 0.25) is 29.5 Å². The van der Waals surface area contributed by atoms with Crippen molar-refractivity contribution in [1.82, 2.24) is 16.0 Å². The molecule has 14 nitrogen and oxygen atoms in total. The van der Waals surface area contributed by atoms with Gasteiger partial charge in [-0.15, -0.1) is 0 Å². The molecule has 0 bridgehead atoms. The summed E-state index contributed by atoms with van der Waals surface area (Å²) in [5, 5.41) is 25.8. The maximum atomic E-state index is 12.8. The van der Waals surface area contributed by atoms with E-state index < -0.39 is 65.8 Å². The van der Waals surface area contributed by atoms with Crippen molar-refractivity contribution in [2.45, 2.75) is 69.3 Å². The van der Waals surface area contributed by atoms with Crippen LogP contribution in [0.4, 0.5) is 0 Å². The molecule has 0 aliphatic carbocycles. The number of carbonyl (C=O) groups excluding carboxylic acids is 5. The van der Waals surface area contributed by atoms with Crippen LogP contribution < -0.4 is 33.2 Å². The summed E-state index contributed by atoms with van der Waals surface area (Å²) < 4.78 is 0. The number of aliphatic hydroxyl groups is 1. The number of nitrogens with one attached hydrogen (secondary N) is 3. The van der Waals surface area contributed by atoms with Gasteiger partial charge in [-0.25, -0.2) is 4.79 Å². The van der Waals surface area contributed by atoms with Crippen molar-refractivity contribution >= 4 is 47.3 Å². The van der Waals surface area contributed by atoms with E-state index >= 15 is 0 Å². The van der Waals surface area contributed by atoms with Gasteiger partial charge in [0.05, 0.1) is 6.10 Å². The minimum atomic E-state index is -1.37. The zero-order valence-electron chi connectivity index (χ0n) is 19.1. The second kappa shape index (κ2) is 15.8. The average Bonchev–Trinajstić information content (AvgIpc) is 2.74. The first kappa shape index (κ1) is 31.1. The van der Waals surface area contributed by atoms with Gasteiger partial charge in [0, 0.05) is 12.8 Å². The van der Waals surface area contributed by atoms with Gasteiger partial charge in [-0.2, -0.15) is 11.8 Å². The van der Waals surface area contributed by atoms with Crippen molar-refractivity contribution in [3.63, 3.8) is 0 Å². The van der Waals surface area contributed by atoms with E-state index in [9.17, 15) is 39.0 Å². The fourth-order valence-corrected chi connectivity index (χ4v) is 3.11. The quantitative estimate of drug-likeness (QED) is 0.0965.